The first-order valence-electron chi connectivity index (χ1n) is 16.6. The summed E-state index contributed by atoms with van der Waals surface area (Å²) in [6.07, 6.45) is -1.92. The molecule has 12 heteroatoms. The highest BCUT2D eigenvalue weighted by molar-refractivity contribution is 5.88. The maximum absolute atomic E-state index is 13.4. The van der Waals surface area contributed by atoms with E-state index in [4.69, 9.17) is 23.7 Å². The van der Waals surface area contributed by atoms with Crippen LogP contribution in [0.25, 0.3) is 0 Å². The van der Waals surface area contributed by atoms with Crippen LogP contribution in [-0.2, 0) is 47.7 Å². The van der Waals surface area contributed by atoms with E-state index < -0.39 is 89.3 Å². The molecule has 47 heavy (non-hydrogen) atoms. The van der Waals surface area contributed by atoms with Gasteiger partial charge in [-0.25, -0.2) is 9.59 Å². The smallest absolute Gasteiger partial charge is 0.341 e. The molecule has 0 spiro atoms. The fourth-order valence-corrected chi connectivity index (χ4v) is 6.83. The van der Waals surface area contributed by atoms with Crippen molar-refractivity contribution in [1.82, 2.24) is 0 Å². The van der Waals surface area contributed by atoms with E-state index in [1.807, 2.05) is 0 Å². The van der Waals surface area contributed by atoms with E-state index in [0.29, 0.717) is 18.8 Å². The van der Waals surface area contributed by atoms with E-state index in [2.05, 4.69) is 13.8 Å². The number of allylic oxidation sites excluding steroid dienone is 1. The van der Waals surface area contributed by atoms with E-state index in [-0.39, 0.29) is 23.1 Å². The summed E-state index contributed by atoms with van der Waals surface area (Å²) in [6, 6.07) is 0. The standard InChI is InChI=1S/C35H52O12/c1-11-18(4)15-14-16-24(37)44-28-26-25(21(7)27(28)45-31(39)20(6)13-3)29-35(42,34(10,41)32(40)46-29)23(43-30(38)19(5)12-2)17-33(26,9)47-22(8)36/h13,18-19,23,26-29,41-42H,11-12,14-17H2,1-10H3/b20-13-/t18?,19-,23-,26+,27-,28+,29-,33-,34+,35+/m0/s1. The Morgan fingerprint density at radius 3 is 2.23 bits per heavy atom. The summed E-state index contributed by atoms with van der Waals surface area (Å²) in [7, 11) is 0. The van der Waals surface area contributed by atoms with E-state index in [1.54, 1.807) is 40.7 Å². The molecule has 1 heterocycles. The fourth-order valence-electron chi connectivity index (χ4n) is 6.83. The van der Waals surface area contributed by atoms with Crippen molar-refractivity contribution in [2.24, 2.45) is 17.8 Å². The Morgan fingerprint density at radius 1 is 1.04 bits per heavy atom. The fraction of sp³-hybridized carbons (Fsp3) is 0.743. The second-order valence-electron chi connectivity index (χ2n) is 13.8. The van der Waals surface area contributed by atoms with Crippen molar-refractivity contribution >= 4 is 29.8 Å². The van der Waals surface area contributed by atoms with Gasteiger partial charge in [0, 0.05) is 25.3 Å². The summed E-state index contributed by atoms with van der Waals surface area (Å²) in [5.74, 6) is -5.26. The maximum atomic E-state index is 13.4. The number of ether oxygens (including phenoxy) is 5. The Kier molecular flexibility index (Phi) is 11.8. The summed E-state index contributed by atoms with van der Waals surface area (Å²) >= 11 is 0. The van der Waals surface area contributed by atoms with Crippen molar-refractivity contribution in [2.75, 3.05) is 0 Å². The monoisotopic (exact) mass is 664 g/mol. The van der Waals surface area contributed by atoms with Gasteiger partial charge in [-0.2, -0.15) is 0 Å². The summed E-state index contributed by atoms with van der Waals surface area (Å²) in [4.78, 5) is 65.6. The minimum absolute atomic E-state index is 0.0625. The molecule has 264 valence electrons. The van der Waals surface area contributed by atoms with Gasteiger partial charge in [-0.1, -0.05) is 46.6 Å². The molecule has 1 saturated carbocycles. The highest BCUT2D eigenvalue weighted by Crippen LogP contribution is 2.57. The van der Waals surface area contributed by atoms with Crippen molar-refractivity contribution in [1.29, 1.82) is 0 Å². The number of carbonyl (C=O) groups is 5. The van der Waals surface area contributed by atoms with Crippen LogP contribution in [0.2, 0.25) is 0 Å². The molecule has 0 bridgehead atoms. The quantitative estimate of drug-likeness (QED) is 0.133. The molecule has 3 aliphatic rings. The van der Waals surface area contributed by atoms with Crippen LogP contribution in [0.15, 0.2) is 22.8 Å². The van der Waals surface area contributed by atoms with Crippen LogP contribution in [-0.4, -0.2) is 81.3 Å². The highest BCUT2D eigenvalue weighted by atomic mass is 16.6. The van der Waals surface area contributed by atoms with Crippen LogP contribution in [0.4, 0.5) is 0 Å². The molecule has 0 aromatic rings. The van der Waals surface area contributed by atoms with Crippen molar-refractivity contribution in [3.8, 4) is 0 Å². The Morgan fingerprint density at radius 2 is 1.68 bits per heavy atom. The molecule has 2 N–H and O–H groups in total. The molecule has 1 aliphatic heterocycles. The van der Waals surface area contributed by atoms with Gasteiger partial charge in [0.05, 0.1) is 11.8 Å². The van der Waals surface area contributed by atoms with Crippen molar-refractivity contribution < 1.29 is 57.9 Å². The van der Waals surface area contributed by atoms with Gasteiger partial charge in [-0.3, -0.25) is 14.4 Å². The lowest BCUT2D eigenvalue weighted by molar-refractivity contribution is -0.214. The first-order chi connectivity index (χ1) is 21.8. The third-order valence-electron chi connectivity index (χ3n) is 10.3. The number of esters is 5. The Hall–Kier alpha value is -3.25. The van der Waals surface area contributed by atoms with Gasteiger partial charge in [0.1, 0.15) is 11.7 Å². The Bertz CT molecular complexity index is 1310. The average Bonchev–Trinajstić information content (AvgIpc) is 3.33. The van der Waals surface area contributed by atoms with Crippen molar-refractivity contribution in [2.45, 2.75) is 149 Å². The van der Waals surface area contributed by atoms with Crippen molar-refractivity contribution in [3.05, 3.63) is 22.8 Å². The number of carbonyl (C=O) groups excluding carboxylic acids is 5. The molecule has 0 amide bonds. The number of hydrogen-bond acceptors (Lipinski definition) is 12. The number of hydrogen-bond donors (Lipinski definition) is 2. The first-order valence-corrected chi connectivity index (χ1v) is 16.6. The molecule has 0 aromatic heterocycles. The first kappa shape index (κ1) is 38.2. The van der Waals surface area contributed by atoms with Crippen LogP contribution >= 0.6 is 0 Å². The molecule has 2 fully saturated rings. The van der Waals surface area contributed by atoms with Gasteiger partial charge < -0.3 is 33.9 Å². The summed E-state index contributed by atoms with van der Waals surface area (Å²) in [5.41, 5.74) is -6.17. The van der Waals surface area contributed by atoms with Crippen LogP contribution in [0.1, 0.15) is 108 Å². The topological polar surface area (TPSA) is 172 Å². The van der Waals surface area contributed by atoms with Crippen LogP contribution < -0.4 is 0 Å². The van der Waals surface area contributed by atoms with E-state index in [1.165, 1.54) is 13.8 Å². The molecule has 3 rings (SSSR count). The largest absolute Gasteiger partial charge is 0.459 e. The van der Waals surface area contributed by atoms with Gasteiger partial charge in [0.25, 0.3) is 0 Å². The third-order valence-corrected chi connectivity index (χ3v) is 10.3. The molecule has 2 aliphatic carbocycles. The van der Waals surface area contributed by atoms with Gasteiger partial charge in [-0.05, 0) is 64.5 Å². The van der Waals surface area contributed by atoms with Crippen LogP contribution in [0.5, 0.6) is 0 Å². The lowest BCUT2D eigenvalue weighted by Gasteiger charge is -2.42. The molecule has 1 unspecified atom stereocenters. The Labute approximate surface area is 277 Å². The zero-order valence-electron chi connectivity index (χ0n) is 29.3. The van der Waals surface area contributed by atoms with Crippen LogP contribution in [0, 0.1) is 17.8 Å². The second kappa shape index (κ2) is 14.5. The van der Waals surface area contributed by atoms with E-state index in [0.717, 1.165) is 19.8 Å². The summed E-state index contributed by atoms with van der Waals surface area (Å²) < 4.78 is 29.5. The van der Waals surface area contributed by atoms with Crippen molar-refractivity contribution in [3.63, 3.8) is 0 Å². The zero-order chi connectivity index (χ0) is 35.6. The number of aliphatic hydroxyl groups is 2. The molecular weight excluding hydrogens is 612 g/mol. The number of fused-ring (bicyclic) bond motifs is 3. The van der Waals surface area contributed by atoms with Gasteiger partial charge in [0.2, 0.25) is 0 Å². The minimum Gasteiger partial charge on any atom is -0.459 e. The molecule has 12 nitrogen and oxygen atoms in total. The second-order valence-corrected chi connectivity index (χ2v) is 13.8. The zero-order valence-corrected chi connectivity index (χ0v) is 29.3. The SMILES string of the molecule is C/C=C(/C)C(=O)O[C@H]1C(C)=C2[C@H]([C@H]1OC(=O)CCCC(C)CC)[C@@](C)(OC(C)=O)C[C@H](OC(=O)[C@@H](C)CC)[C@@]1(O)[C@H]2OC(=O)[C@@]1(C)O. The molecule has 10 atom stereocenters. The van der Waals surface area contributed by atoms with Gasteiger partial charge >= 0.3 is 29.8 Å². The molecule has 0 aromatic carbocycles. The highest BCUT2D eigenvalue weighted by Gasteiger charge is 2.76. The minimum atomic E-state index is -2.59. The molecule has 1 saturated heterocycles. The number of rotatable bonds is 12. The normalized spacial score (nSPS) is 34.8. The van der Waals surface area contributed by atoms with Gasteiger partial charge in [0.15, 0.2) is 29.5 Å². The predicted octanol–water partition coefficient (Wildman–Crippen LogP) is 4.03. The predicted molar refractivity (Wildman–Crippen MR) is 168 cm³/mol. The maximum Gasteiger partial charge on any atom is 0.341 e. The van der Waals surface area contributed by atoms with Gasteiger partial charge in [-0.15, -0.1) is 0 Å². The lowest BCUT2D eigenvalue weighted by Crippen LogP contribution is -2.64. The molecule has 0 radical (unpaired) electrons. The van der Waals surface area contributed by atoms with E-state index >= 15 is 0 Å². The third kappa shape index (κ3) is 7.13. The summed E-state index contributed by atoms with van der Waals surface area (Å²) in [5, 5.41) is 24.0. The van der Waals surface area contributed by atoms with E-state index in [9.17, 15) is 34.2 Å². The molecular formula is C35H52O12. The Balaban J connectivity index is 2.27. The average molecular weight is 665 g/mol. The van der Waals surface area contributed by atoms with Crippen LogP contribution in [0.3, 0.4) is 0 Å². The summed E-state index contributed by atoms with van der Waals surface area (Å²) in [6.45, 7) is 16.1. The lowest BCUT2D eigenvalue weighted by atomic mass is 9.75.